The minimum Gasteiger partial charge on any atom is -0.508 e. The van der Waals surface area contributed by atoms with E-state index in [1.54, 1.807) is 24.3 Å². The van der Waals surface area contributed by atoms with Crippen LogP contribution in [0.2, 0.25) is 0 Å². The second kappa shape index (κ2) is 6.95. The van der Waals surface area contributed by atoms with E-state index in [0.29, 0.717) is 5.56 Å². The third-order valence-corrected chi connectivity index (χ3v) is 5.69. The number of aliphatic hydroxyl groups excluding tert-OH is 2. The number of carbonyl (C=O) groups is 3. The number of allylic oxidation sites excluding steroid dienone is 1. The molecule has 1 unspecified atom stereocenters. The summed E-state index contributed by atoms with van der Waals surface area (Å²) in [6.07, 6.45) is 0. The minimum atomic E-state index is -1.16. The van der Waals surface area contributed by atoms with E-state index in [0.717, 1.165) is 10.8 Å². The maximum atomic E-state index is 13.1. The van der Waals surface area contributed by atoms with Crippen molar-refractivity contribution < 1.29 is 29.3 Å². The molecule has 0 amide bonds. The number of ketones is 2. The maximum Gasteiger partial charge on any atom is 0.338 e. The van der Waals surface area contributed by atoms with Crippen molar-refractivity contribution in [2.45, 2.75) is 5.92 Å². The maximum absolute atomic E-state index is 13.1. The van der Waals surface area contributed by atoms with Crippen molar-refractivity contribution in [1.29, 1.82) is 0 Å². The number of hydrogen-bond acceptors (Lipinski definition) is 6. The van der Waals surface area contributed by atoms with Crippen LogP contribution in [-0.4, -0.2) is 34.4 Å². The lowest BCUT2D eigenvalue weighted by molar-refractivity contribution is -0.136. The van der Waals surface area contributed by atoms with Crippen LogP contribution in [0.4, 0.5) is 0 Å². The summed E-state index contributed by atoms with van der Waals surface area (Å²) in [4.78, 5) is 38.4. The highest BCUT2D eigenvalue weighted by molar-refractivity contribution is 6.52. The molecular formula is C25H16O6. The monoisotopic (exact) mass is 412 g/mol. The van der Waals surface area contributed by atoms with E-state index >= 15 is 0 Å². The average Bonchev–Trinajstić information content (AvgIpc) is 3.12. The topological polar surface area (TPSA) is 101 Å². The van der Waals surface area contributed by atoms with Crippen molar-refractivity contribution in [3.63, 3.8) is 0 Å². The van der Waals surface area contributed by atoms with Crippen molar-refractivity contribution in [3.8, 4) is 0 Å². The van der Waals surface area contributed by atoms with Gasteiger partial charge in [0.25, 0.3) is 0 Å². The zero-order chi connectivity index (χ0) is 21.7. The predicted molar refractivity (Wildman–Crippen MR) is 113 cm³/mol. The Kier molecular flexibility index (Phi) is 4.22. The number of hydrogen-bond donors (Lipinski definition) is 2. The van der Waals surface area contributed by atoms with E-state index < -0.39 is 29.2 Å². The number of Topliss-reactive ketones (excluding diaryl/α,β-unsaturated/α-hetero) is 2. The van der Waals surface area contributed by atoms with Crippen LogP contribution < -0.4 is 0 Å². The number of cyclic esters (lactones) is 1. The Bertz CT molecular complexity index is 1360. The minimum absolute atomic E-state index is 0.0956. The van der Waals surface area contributed by atoms with Gasteiger partial charge >= 0.3 is 5.97 Å². The van der Waals surface area contributed by atoms with Crippen LogP contribution in [0.25, 0.3) is 16.5 Å². The van der Waals surface area contributed by atoms with Gasteiger partial charge in [0.2, 0.25) is 11.6 Å². The SMILES string of the molecule is O=C1OCC(O)=C1C(C1=C(O)c2ccccc2C(=O)C1=O)c1ccc2ccccc2c1. The van der Waals surface area contributed by atoms with Crippen LogP contribution in [0.1, 0.15) is 27.4 Å². The molecule has 6 heteroatoms. The van der Waals surface area contributed by atoms with Gasteiger partial charge in [0.05, 0.1) is 17.1 Å². The second-order valence-electron chi connectivity index (χ2n) is 7.44. The molecule has 1 heterocycles. The molecule has 3 aromatic rings. The molecule has 31 heavy (non-hydrogen) atoms. The van der Waals surface area contributed by atoms with Crippen molar-refractivity contribution >= 4 is 34.1 Å². The first-order valence-corrected chi connectivity index (χ1v) is 9.66. The number of benzene rings is 3. The Hall–Kier alpha value is -4.19. The smallest absolute Gasteiger partial charge is 0.338 e. The van der Waals surface area contributed by atoms with E-state index in [4.69, 9.17) is 4.74 Å². The average molecular weight is 412 g/mol. The highest BCUT2D eigenvalue weighted by atomic mass is 16.5. The molecule has 2 aliphatic rings. The van der Waals surface area contributed by atoms with Crippen molar-refractivity contribution in [1.82, 2.24) is 0 Å². The Morgan fingerprint density at radius 2 is 1.42 bits per heavy atom. The summed E-state index contributed by atoms with van der Waals surface area (Å²) in [6.45, 7) is -0.328. The van der Waals surface area contributed by atoms with Crippen LogP contribution in [-0.2, 0) is 14.3 Å². The third-order valence-electron chi connectivity index (χ3n) is 5.69. The quantitative estimate of drug-likeness (QED) is 0.498. The molecule has 5 rings (SSSR count). The molecule has 0 fully saturated rings. The molecule has 2 N–H and O–H groups in total. The van der Waals surface area contributed by atoms with Gasteiger partial charge in [0.1, 0.15) is 18.1 Å². The highest BCUT2D eigenvalue weighted by Crippen LogP contribution is 2.43. The van der Waals surface area contributed by atoms with Gasteiger partial charge in [-0.3, -0.25) is 9.59 Å². The molecule has 0 spiro atoms. The summed E-state index contributed by atoms with van der Waals surface area (Å²) in [6, 6.07) is 19.1. The standard InChI is InChI=1S/C25H16O6/c26-18-12-31-25(30)20(18)19(15-10-9-13-5-1-2-6-14(13)11-15)21-22(27)16-7-3-4-8-17(16)23(28)24(21)29/h1-11,19,26-27H,12H2. The Labute approximate surface area is 176 Å². The number of esters is 1. The normalized spacial score (nSPS) is 17.2. The van der Waals surface area contributed by atoms with Gasteiger partial charge in [-0.15, -0.1) is 0 Å². The molecule has 152 valence electrons. The molecule has 0 saturated heterocycles. The van der Waals surface area contributed by atoms with Gasteiger partial charge in [-0.1, -0.05) is 66.7 Å². The van der Waals surface area contributed by atoms with Crippen molar-refractivity contribution in [3.05, 3.63) is 100 Å². The van der Waals surface area contributed by atoms with E-state index in [1.807, 2.05) is 30.3 Å². The largest absolute Gasteiger partial charge is 0.508 e. The summed E-state index contributed by atoms with van der Waals surface area (Å²) >= 11 is 0. The molecule has 0 saturated carbocycles. The molecule has 1 aliphatic heterocycles. The molecule has 6 nitrogen and oxygen atoms in total. The first-order valence-electron chi connectivity index (χ1n) is 9.66. The molecule has 1 aliphatic carbocycles. The fourth-order valence-corrected chi connectivity index (χ4v) is 4.21. The van der Waals surface area contributed by atoms with Crippen LogP contribution >= 0.6 is 0 Å². The number of ether oxygens (including phenoxy) is 1. The summed E-state index contributed by atoms with van der Waals surface area (Å²) < 4.78 is 4.96. The number of rotatable bonds is 3. The van der Waals surface area contributed by atoms with Gasteiger partial charge < -0.3 is 14.9 Å². The third kappa shape index (κ3) is 2.84. The van der Waals surface area contributed by atoms with E-state index in [1.165, 1.54) is 12.1 Å². The first kappa shape index (κ1) is 18.8. The van der Waals surface area contributed by atoms with Gasteiger partial charge in [-0.2, -0.15) is 0 Å². The predicted octanol–water partition coefficient (Wildman–Crippen LogP) is 4.03. The molecule has 0 radical (unpaired) electrons. The zero-order valence-electron chi connectivity index (χ0n) is 16.2. The molecule has 0 bridgehead atoms. The van der Waals surface area contributed by atoms with Crippen molar-refractivity contribution in [2.24, 2.45) is 0 Å². The van der Waals surface area contributed by atoms with Crippen LogP contribution in [0.5, 0.6) is 0 Å². The fourth-order valence-electron chi connectivity index (χ4n) is 4.21. The fraction of sp³-hybridized carbons (Fsp3) is 0.0800. The van der Waals surface area contributed by atoms with Crippen LogP contribution in [0, 0.1) is 0 Å². The number of carbonyl (C=O) groups excluding carboxylic acids is 3. The van der Waals surface area contributed by atoms with Crippen molar-refractivity contribution in [2.75, 3.05) is 6.61 Å². The van der Waals surface area contributed by atoms with Gasteiger partial charge in [-0.25, -0.2) is 4.79 Å². The second-order valence-corrected chi connectivity index (χ2v) is 7.44. The Balaban J connectivity index is 1.81. The van der Waals surface area contributed by atoms with E-state index in [2.05, 4.69) is 0 Å². The lowest BCUT2D eigenvalue weighted by Gasteiger charge is -2.25. The van der Waals surface area contributed by atoms with E-state index in [9.17, 15) is 24.6 Å². The summed E-state index contributed by atoms with van der Waals surface area (Å²) in [5.74, 6) is -4.38. The Morgan fingerprint density at radius 1 is 0.742 bits per heavy atom. The van der Waals surface area contributed by atoms with Gasteiger partial charge in [0, 0.05) is 11.1 Å². The molecular weight excluding hydrogens is 396 g/mol. The summed E-state index contributed by atoms with van der Waals surface area (Å²) in [7, 11) is 0. The van der Waals surface area contributed by atoms with E-state index in [-0.39, 0.29) is 34.6 Å². The lowest BCUT2D eigenvalue weighted by atomic mass is 9.76. The van der Waals surface area contributed by atoms with Gasteiger partial charge in [-0.05, 0) is 16.3 Å². The first-order chi connectivity index (χ1) is 15.0. The Morgan fingerprint density at radius 3 is 2.13 bits per heavy atom. The summed E-state index contributed by atoms with van der Waals surface area (Å²) in [5, 5.41) is 23.2. The summed E-state index contributed by atoms with van der Waals surface area (Å²) in [5.41, 5.74) is 0.371. The highest BCUT2D eigenvalue weighted by Gasteiger charge is 2.43. The zero-order valence-corrected chi connectivity index (χ0v) is 16.2. The number of aliphatic hydroxyl groups is 2. The van der Waals surface area contributed by atoms with Crippen LogP contribution in [0.3, 0.4) is 0 Å². The lowest BCUT2D eigenvalue weighted by Crippen LogP contribution is -2.29. The molecule has 0 aromatic heterocycles. The number of fused-ring (bicyclic) bond motifs is 2. The van der Waals surface area contributed by atoms with Crippen LogP contribution in [0.15, 0.2) is 83.6 Å². The molecule has 1 atom stereocenters. The van der Waals surface area contributed by atoms with Gasteiger partial charge in [0.15, 0.2) is 0 Å². The molecule has 3 aromatic carbocycles.